The normalized spacial score (nSPS) is 26.4. The summed E-state index contributed by atoms with van der Waals surface area (Å²) in [5.41, 5.74) is 0. The number of ether oxygens (including phenoxy) is 3. The van der Waals surface area contributed by atoms with Gasteiger partial charge in [0.1, 0.15) is 0 Å². The minimum absolute atomic E-state index is 0.236. The van der Waals surface area contributed by atoms with Crippen LogP contribution < -0.4 is 0 Å². The highest BCUT2D eigenvalue weighted by atomic mass is 32.1. The van der Waals surface area contributed by atoms with E-state index < -0.39 is 5.97 Å². The van der Waals surface area contributed by atoms with Crippen LogP contribution in [0.4, 0.5) is 0 Å². The van der Waals surface area contributed by atoms with Crippen LogP contribution >= 0.6 is 12.6 Å². The Labute approximate surface area is 91.5 Å². The summed E-state index contributed by atoms with van der Waals surface area (Å²) in [6, 6.07) is 0. The molecule has 1 unspecified atom stereocenters. The van der Waals surface area contributed by atoms with Gasteiger partial charge in [-0.05, 0) is 26.7 Å². The van der Waals surface area contributed by atoms with Crippen molar-refractivity contribution in [1.82, 2.24) is 0 Å². The van der Waals surface area contributed by atoms with Gasteiger partial charge in [-0.2, -0.15) is 12.6 Å². The van der Waals surface area contributed by atoms with Crippen LogP contribution in [0.3, 0.4) is 0 Å². The Morgan fingerprint density at radius 1 is 1.36 bits per heavy atom. The van der Waals surface area contributed by atoms with E-state index in [0.29, 0.717) is 19.8 Å². The Balaban J connectivity index is 2.68. The summed E-state index contributed by atoms with van der Waals surface area (Å²) >= 11 is 4.32. The van der Waals surface area contributed by atoms with E-state index in [9.17, 15) is 0 Å². The van der Waals surface area contributed by atoms with Gasteiger partial charge >= 0.3 is 0 Å². The summed E-state index contributed by atoms with van der Waals surface area (Å²) in [5.74, 6) is 0.142. The van der Waals surface area contributed by atoms with Gasteiger partial charge in [0, 0.05) is 24.9 Å². The van der Waals surface area contributed by atoms with E-state index in [1.165, 1.54) is 0 Å². The maximum absolute atomic E-state index is 5.66. The van der Waals surface area contributed by atoms with Crippen LogP contribution in [0, 0.1) is 5.92 Å². The fourth-order valence-electron chi connectivity index (χ4n) is 1.80. The minimum atomic E-state index is -0.830. The van der Waals surface area contributed by atoms with Crippen LogP contribution in [0.15, 0.2) is 0 Å². The smallest absolute Gasteiger partial charge is 0.286 e. The van der Waals surface area contributed by atoms with Gasteiger partial charge in [-0.25, -0.2) is 0 Å². The Hall–Kier alpha value is 0.230. The molecule has 0 aliphatic carbocycles. The largest absolute Gasteiger partial charge is 0.328 e. The molecular weight excluding hydrogens is 200 g/mol. The second-order valence-electron chi connectivity index (χ2n) is 3.34. The molecule has 1 saturated heterocycles. The van der Waals surface area contributed by atoms with Gasteiger partial charge in [0.2, 0.25) is 0 Å². The number of rotatable bonds is 5. The fourth-order valence-corrected chi connectivity index (χ4v) is 2.21. The van der Waals surface area contributed by atoms with E-state index in [-0.39, 0.29) is 5.92 Å². The highest BCUT2D eigenvalue weighted by Crippen LogP contribution is 2.34. The molecule has 3 nitrogen and oxygen atoms in total. The summed E-state index contributed by atoms with van der Waals surface area (Å²) in [6.45, 7) is 5.82. The van der Waals surface area contributed by atoms with Gasteiger partial charge in [-0.15, -0.1) is 0 Å². The van der Waals surface area contributed by atoms with Gasteiger partial charge in [-0.3, -0.25) is 0 Å². The summed E-state index contributed by atoms with van der Waals surface area (Å²) in [7, 11) is 0. The van der Waals surface area contributed by atoms with Gasteiger partial charge in [0.15, 0.2) is 0 Å². The third-order valence-corrected chi connectivity index (χ3v) is 2.85. The van der Waals surface area contributed by atoms with E-state index in [4.69, 9.17) is 14.2 Å². The van der Waals surface area contributed by atoms with E-state index in [1.807, 2.05) is 13.8 Å². The Bertz CT molecular complexity index is 152. The van der Waals surface area contributed by atoms with Crippen molar-refractivity contribution in [3.05, 3.63) is 0 Å². The molecule has 0 aromatic rings. The molecule has 4 heteroatoms. The Morgan fingerprint density at radius 2 is 2.00 bits per heavy atom. The van der Waals surface area contributed by atoms with Gasteiger partial charge in [0.25, 0.3) is 5.97 Å². The summed E-state index contributed by atoms with van der Waals surface area (Å²) in [6.07, 6.45) is 2.12. The zero-order valence-electron chi connectivity index (χ0n) is 8.99. The Morgan fingerprint density at radius 3 is 2.50 bits per heavy atom. The highest BCUT2D eigenvalue weighted by Gasteiger charge is 2.43. The molecule has 0 radical (unpaired) electrons. The highest BCUT2D eigenvalue weighted by molar-refractivity contribution is 7.80. The van der Waals surface area contributed by atoms with Crippen LogP contribution in [-0.4, -0.2) is 31.5 Å². The molecule has 1 fully saturated rings. The SMILES string of the molecule is CCOC1(OCC)OCCCC1CS. The molecule has 1 aliphatic heterocycles. The van der Waals surface area contributed by atoms with Crippen LogP contribution in [0.5, 0.6) is 0 Å². The number of hydrogen-bond acceptors (Lipinski definition) is 4. The maximum atomic E-state index is 5.66. The number of thiol groups is 1. The summed E-state index contributed by atoms with van der Waals surface area (Å²) < 4.78 is 16.9. The molecule has 0 aromatic carbocycles. The fraction of sp³-hybridized carbons (Fsp3) is 1.00. The first-order chi connectivity index (χ1) is 6.79. The van der Waals surface area contributed by atoms with Crippen molar-refractivity contribution in [2.75, 3.05) is 25.6 Å². The monoisotopic (exact) mass is 220 g/mol. The lowest BCUT2D eigenvalue weighted by Crippen LogP contribution is -2.50. The molecule has 0 amide bonds. The molecule has 84 valence electrons. The van der Waals surface area contributed by atoms with Crippen molar-refractivity contribution in [3.8, 4) is 0 Å². The third kappa shape index (κ3) is 2.63. The van der Waals surface area contributed by atoms with Crippen molar-refractivity contribution < 1.29 is 14.2 Å². The average molecular weight is 220 g/mol. The van der Waals surface area contributed by atoms with Crippen molar-refractivity contribution in [2.24, 2.45) is 5.92 Å². The summed E-state index contributed by atoms with van der Waals surface area (Å²) in [5, 5.41) is 0. The molecule has 0 spiro atoms. The maximum Gasteiger partial charge on any atom is 0.286 e. The van der Waals surface area contributed by atoms with Gasteiger partial charge < -0.3 is 14.2 Å². The predicted molar refractivity (Wildman–Crippen MR) is 58.5 cm³/mol. The van der Waals surface area contributed by atoms with E-state index in [1.54, 1.807) is 0 Å². The molecular formula is C10H20O3S. The van der Waals surface area contributed by atoms with Crippen LogP contribution in [-0.2, 0) is 14.2 Å². The summed E-state index contributed by atoms with van der Waals surface area (Å²) in [4.78, 5) is 0. The minimum Gasteiger partial charge on any atom is -0.328 e. The molecule has 1 atom stereocenters. The molecule has 14 heavy (non-hydrogen) atoms. The second-order valence-corrected chi connectivity index (χ2v) is 3.70. The lowest BCUT2D eigenvalue weighted by atomic mass is 10.00. The molecule has 0 saturated carbocycles. The first kappa shape index (κ1) is 12.3. The van der Waals surface area contributed by atoms with Crippen LogP contribution in [0.1, 0.15) is 26.7 Å². The predicted octanol–water partition coefficient (Wildman–Crippen LogP) is 2.07. The van der Waals surface area contributed by atoms with Crippen molar-refractivity contribution in [1.29, 1.82) is 0 Å². The third-order valence-electron chi connectivity index (χ3n) is 2.41. The first-order valence-electron chi connectivity index (χ1n) is 5.31. The molecule has 0 N–H and O–H groups in total. The topological polar surface area (TPSA) is 27.7 Å². The van der Waals surface area contributed by atoms with E-state index in [0.717, 1.165) is 18.6 Å². The zero-order chi connectivity index (χ0) is 10.4. The standard InChI is InChI=1S/C10H20O3S/c1-3-11-10(12-4-2)9(8-14)6-5-7-13-10/h9,14H,3-8H2,1-2H3. The quantitative estimate of drug-likeness (QED) is 0.568. The van der Waals surface area contributed by atoms with Crippen LogP contribution in [0.25, 0.3) is 0 Å². The molecule has 0 aromatic heterocycles. The lowest BCUT2D eigenvalue weighted by Gasteiger charge is -2.41. The van der Waals surface area contributed by atoms with E-state index in [2.05, 4.69) is 12.6 Å². The van der Waals surface area contributed by atoms with Crippen LogP contribution in [0.2, 0.25) is 0 Å². The molecule has 1 heterocycles. The molecule has 1 rings (SSSR count). The number of hydrogen-bond donors (Lipinski definition) is 1. The lowest BCUT2D eigenvalue weighted by molar-refractivity contribution is -0.410. The van der Waals surface area contributed by atoms with Gasteiger partial charge in [0.05, 0.1) is 6.61 Å². The second kappa shape index (κ2) is 5.95. The van der Waals surface area contributed by atoms with Crippen molar-refractivity contribution in [3.63, 3.8) is 0 Å². The van der Waals surface area contributed by atoms with E-state index >= 15 is 0 Å². The van der Waals surface area contributed by atoms with Gasteiger partial charge in [-0.1, -0.05) is 0 Å². The van der Waals surface area contributed by atoms with Crippen molar-refractivity contribution in [2.45, 2.75) is 32.7 Å². The average Bonchev–Trinajstić information content (AvgIpc) is 2.19. The first-order valence-corrected chi connectivity index (χ1v) is 5.95. The van der Waals surface area contributed by atoms with Crippen molar-refractivity contribution >= 4 is 12.6 Å². The zero-order valence-corrected chi connectivity index (χ0v) is 9.89. The Kier molecular flexibility index (Phi) is 5.23. The molecule has 0 bridgehead atoms. The molecule has 1 aliphatic rings.